The Morgan fingerprint density at radius 3 is 1.10 bits per heavy atom. The van der Waals surface area contributed by atoms with Gasteiger partial charge in [0.25, 0.3) is 0 Å². The van der Waals surface area contributed by atoms with Crippen molar-refractivity contribution in [3.8, 4) is 0 Å². The molecule has 4 nitrogen and oxygen atoms in total. The lowest BCUT2D eigenvalue weighted by atomic mass is 10.2. The molecule has 0 saturated heterocycles. The monoisotopic (exact) mass is 150 g/mol. The van der Waals surface area contributed by atoms with E-state index in [4.69, 9.17) is 11.5 Å². The Hall–Kier alpha value is -0.160. The van der Waals surface area contributed by atoms with Crippen LogP contribution in [-0.2, 0) is 0 Å². The van der Waals surface area contributed by atoms with E-state index in [1.807, 2.05) is 0 Å². The predicted octanol–water partition coefficient (Wildman–Crippen LogP) is 0.788. The SMILES string of the molecule is N.N.NCCCCCCN. The van der Waals surface area contributed by atoms with Gasteiger partial charge >= 0.3 is 0 Å². The molecule has 4 heteroatoms. The molecule has 0 amide bonds. The van der Waals surface area contributed by atoms with Crippen molar-refractivity contribution >= 4 is 0 Å². The molecule has 0 heterocycles. The molecule has 0 aromatic carbocycles. The molecular formula is C6H22N4. The van der Waals surface area contributed by atoms with Crippen molar-refractivity contribution < 1.29 is 0 Å². The highest BCUT2D eigenvalue weighted by Crippen LogP contribution is 1.95. The fourth-order valence-electron chi connectivity index (χ4n) is 0.642. The van der Waals surface area contributed by atoms with Crippen LogP contribution in [0.15, 0.2) is 0 Å². The van der Waals surface area contributed by atoms with E-state index in [1.165, 1.54) is 12.8 Å². The van der Waals surface area contributed by atoms with E-state index in [-0.39, 0.29) is 12.3 Å². The summed E-state index contributed by atoms with van der Waals surface area (Å²) in [5.74, 6) is 0. The van der Waals surface area contributed by atoms with Crippen LogP contribution in [0.2, 0.25) is 0 Å². The van der Waals surface area contributed by atoms with E-state index in [0.717, 1.165) is 25.9 Å². The third kappa shape index (κ3) is 15.7. The molecule has 0 aromatic rings. The summed E-state index contributed by atoms with van der Waals surface area (Å²) >= 11 is 0. The molecule has 0 atom stereocenters. The Morgan fingerprint density at radius 2 is 0.900 bits per heavy atom. The van der Waals surface area contributed by atoms with Crippen molar-refractivity contribution in [2.45, 2.75) is 25.7 Å². The summed E-state index contributed by atoms with van der Waals surface area (Å²) < 4.78 is 0. The van der Waals surface area contributed by atoms with Crippen LogP contribution in [0.4, 0.5) is 0 Å². The number of hydrogen-bond donors (Lipinski definition) is 4. The van der Waals surface area contributed by atoms with Gasteiger partial charge in [-0.15, -0.1) is 0 Å². The van der Waals surface area contributed by atoms with Crippen molar-refractivity contribution in [3.05, 3.63) is 0 Å². The molecule has 0 aromatic heterocycles. The van der Waals surface area contributed by atoms with Crippen molar-refractivity contribution in [2.75, 3.05) is 13.1 Å². The minimum atomic E-state index is 0. The highest BCUT2D eigenvalue weighted by atomic mass is 14.5. The molecule has 0 bridgehead atoms. The van der Waals surface area contributed by atoms with Gasteiger partial charge in [-0.3, -0.25) is 0 Å². The Kier molecular flexibility index (Phi) is 26.2. The van der Waals surface area contributed by atoms with Gasteiger partial charge in [0.2, 0.25) is 0 Å². The highest BCUT2D eigenvalue weighted by molar-refractivity contribution is 4.43. The van der Waals surface area contributed by atoms with Crippen molar-refractivity contribution in [1.82, 2.24) is 12.3 Å². The van der Waals surface area contributed by atoms with Gasteiger partial charge in [0.15, 0.2) is 0 Å². The van der Waals surface area contributed by atoms with Crippen LogP contribution in [0.5, 0.6) is 0 Å². The quantitative estimate of drug-likeness (QED) is 0.432. The van der Waals surface area contributed by atoms with Gasteiger partial charge in [0.05, 0.1) is 0 Å². The lowest BCUT2D eigenvalue weighted by molar-refractivity contribution is 0.653. The zero-order chi connectivity index (χ0) is 6.24. The molecule has 0 rings (SSSR count). The molecule has 0 saturated carbocycles. The third-order valence-corrected chi connectivity index (χ3v) is 1.16. The molecule has 0 unspecified atom stereocenters. The molecule has 0 radical (unpaired) electrons. The van der Waals surface area contributed by atoms with Gasteiger partial charge < -0.3 is 23.8 Å². The number of nitrogens with two attached hydrogens (primary N) is 2. The Labute approximate surface area is 63.5 Å². The zero-order valence-electron chi connectivity index (χ0n) is 6.81. The van der Waals surface area contributed by atoms with Crippen LogP contribution in [-0.4, -0.2) is 13.1 Å². The maximum absolute atomic E-state index is 5.28. The van der Waals surface area contributed by atoms with E-state index in [2.05, 4.69) is 0 Å². The van der Waals surface area contributed by atoms with Crippen molar-refractivity contribution in [2.24, 2.45) is 11.5 Å². The molecule has 10 N–H and O–H groups in total. The second-order valence-electron chi connectivity index (χ2n) is 1.99. The van der Waals surface area contributed by atoms with E-state index in [1.54, 1.807) is 0 Å². The van der Waals surface area contributed by atoms with Crippen molar-refractivity contribution in [1.29, 1.82) is 0 Å². The summed E-state index contributed by atoms with van der Waals surface area (Å²) in [7, 11) is 0. The van der Waals surface area contributed by atoms with Gasteiger partial charge in [-0.1, -0.05) is 12.8 Å². The Morgan fingerprint density at radius 1 is 0.600 bits per heavy atom. The average molecular weight is 150 g/mol. The molecule has 0 aliphatic rings. The summed E-state index contributed by atoms with van der Waals surface area (Å²) in [6, 6.07) is 0. The van der Waals surface area contributed by atoms with E-state index in [0.29, 0.717) is 0 Å². The van der Waals surface area contributed by atoms with Crippen LogP contribution < -0.4 is 23.8 Å². The Bertz CT molecular complexity index is 34.7. The van der Waals surface area contributed by atoms with Gasteiger partial charge in [-0.25, -0.2) is 0 Å². The predicted molar refractivity (Wildman–Crippen MR) is 46.6 cm³/mol. The van der Waals surface area contributed by atoms with E-state index >= 15 is 0 Å². The van der Waals surface area contributed by atoms with Gasteiger partial charge in [0, 0.05) is 0 Å². The summed E-state index contributed by atoms with van der Waals surface area (Å²) in [6.07, 6.45) is 4.79. The minimum absolute atomic E-state index is 0. The number of unbranched alkanes of at least 4 members (excludes halogenated alkanes) is 3. The molecule has 10 heavy (non-hydrogen) atoms. The molecule has 0 fully saturated rings. The standard InChI is InChI=1S/C6H16N2.2H3N/c7-5-3-1-2-4-6-8;;/h1-8H2;2*1H3. The highest BCUT2D eigenvalue weighted by Gasteiger charge is 1.83. The molecule has 0 spiro atoms. The smallest absolute Gasteiger partial charge is 0.00773 e. The fraction of sp³-hybridized carbons (Fsp3) is 1.00. The van der Waals surface area contributed by atoms with E-state index < -0.39 is 0 Å². The summed E-state index contributed by atoms with van der Waals surface area (Å²) in [5.41, 5.74) is 10.6. The van der Waals surface area contributed by atoms with Gasteiger partial charge in [-0.05, 0) is 25.9 Å². The van der Waals surface area contributed by atoms with Crippen LogP contribution in [0, 0.1) is 0 Å². The van der Waals surface area contributed by atoms with Crippen molar-refractivity contribution in [3.63, 3.8) is 0 Å². The summed E-state index contributed by atoms with van der Waals surface area (Å²) in [5, 5.41) is 0. The van der Waals surface area contributed by atoms with Crippen LogP contribution in [0.25, 0.3) is 0 Å². The Balaban J connectivity index is -0.000000245. The first kappa shape index (κ1) is 16.4. The minimum Gasteiger partial charge on any atom is -0.344 e. The van der Waals surface area contributed by atoms with Crippen LogP contribution >= 0.6 is 0 Å². The second kappa shape index (κ2) is 15.9. The van der Waals surface area contributed by atoms with Gasteiger partial charge in [0.1, 0.15) is 0 Å². The van der Waals surface area contributed by atoms with Gasteiger partial charge in [-0.2, -0.15) is 0 Å². The topological polar surface area (TPSA) is 122 Å². The van der Waals surface area contributed by atoms with Crippen LogP contribution in [0.1, 0.15) is 25.7 Å². The molecule has 66 valence electrons. The first-order valence-electron chi connectivity index (χ1n) is 3.32. The summed E-state index contributed by atoms with van der Waals surface area (Å²) in [4.78, 5) is 0. The maximum Gasteiger partial charge on any atom is -0.00773 e. The third-order valence-electron chi connectivity index (χ3n) is 1.16. The maximum atomic E-state index is 5.28. The number of rotatable bonds is 5. The van der Waals surface area contributed by atoms with Crippen LogP contribution in [0.3, 0.4) is 0 Å². The normalized spacial score (nSPS) is 7.80. The molecular weight excluding hydrogens is 128 g/mol. The first-order chi connectivity index (χ1) is 3.91. The molecule has 0 aliphatic carbocycles. The second-order valence-corrected chi connectivity index (χ2v) is 1.99. The largest absolute Gasteiger partial charge is 0.344 e. The first-order valence-corrected chi connectivity index (χ1v) is 3.32. The summed E-state index contributed by atoms with van der Waals surface area (Å²) in [6.45, 7) is 1.65. The van der Waals surface area contributed by atoms with E-state index in [9.17, 15) is 0 Å². The average Bonchev–Trinajstić information content (AvgIpc) is 1.81. The molecule has 0 aliphatic heterocycles. The number of hydrogen-bond acceptors (Lipinski definition) is 4. The fourth-order valence-corrected chi connectivity index (χ4v) is 0.642. The lowest BCUT2D eigenvalue weighted by Gasteiger charge is -1.94. The lowest BCUT2D eigenvalue weighted by Crippen LogP contribution is -2.00. The zero-order valence-corrected chi connectivity index (χ0v) is 6.81.